The summed E-state index contributed by atoms with van der Waals surface area (Å²) in [6.07, 6.45) is 1.86. The van der Waals surface area contributed by atoms with Gasteiger partial charge in [-0.1, -0.05) is 23.7 Å². The normalized spacial score (nSPS) is 18.3. The molecule has 1 aliphatic carbocycles. The van der Waals surface area contributed by atoms with Gasteiger partial charge in [-0.05, 0) is 25.0 Å². The van der Waals surface area contributed by atoms with Gasteiger partial charge in [0, 0.05) is 6.04 Å². The lowest BCUT2D eigenvalue weighted by Gasteiger charge is -2.16. The molecular formula is C14H14ClN3O3. The van der Waals surface area contributed by atoms with E-state index in [0.717, 1.165) is 17.7 Å². The zero-order chi connectivity index (χ0) is 15.0. The van der Waals surface area contributed by atoms with Crippen LogP contribution in [-0.2, 0) is 9.59 Å². The molecule has 110 valence electrons. The Hall–Kier alpha value is -2.08. The number of para-hydroxylation sites is 1. The Balaban J connectivity index is 1.63. The van der Waals surface area contributed by atoms with Gasteiger partial charge < -0.3 is 10.2 Å². The smallest absolute Gasteiger partial charge is 0.323 e. The molecule has 7 heteroatoms. The molecule has 1 saturated heterocycles. The molecule has 4 amide bonds. The van der Waals surface area contributed by atoms with Gasteiger partial charge in [0.15, 0.2) is 0 Å². The van der Waals surface area contributed by atoms with E-state index in [1.807, 2.05) is 0 Å². The highest BCUT2D eigenvalue weighted by Gasteiger charge is 2.44. The second-order valence-corrected chi connectivity index (χ2v) is 5.56. The minimum absolute atomic E-state index is 0.0723. The quantitative estimate of drug-likeness (QED) is 0.861. The minimum atomic E-state index is -0.442. The van der Waals surface area contributed by atoms with Gasteiger partial charge in [0.2, 0.25) is 5.91 Å². The van der Waals surface area contributed by atoms with Crippen molar-refractivity contribution in [1.82, 2.24) is 9.80 Å². The van der Waals surface area contributed by atoms with Crippen LogP contribution in [0.1, 0.15) is 12.8 Å². The molecule has 2 aliphatic rings. The van der Waals surface area contributed by atoms with Crippen molar-refractivity contribution in [3.63, 3.8) is 0 Å². The van der Waals surface area contributed by atoms with Crippen LogP contribution in [-0.4, -0.2) is 46.8 Å². The van der Waals surface area contributed by atoms with Crippen molar-refractivity contribution in [3.8, 4) is 0 Å². The number of rotatable bonds is 4. The number of benzene rings is 1. The first kappa shape index (κ1) is 13.9. The van der Waals surface area contributed by atoms with Crippen molar-refractivity contribution in [2.24, 2.45) is 0 Å². The summed E-state index contributed by atoms with van der Waals surface area (Å²) in [6.45, 7) is -0.213. The number of hydrogen-bond acceptors (Lipinski definition) is 3. The van der Waals surface area contributed by atoms with Crippen LogP contribution in [0.5, 0.6) is 0 Å². The van der Waals surface area contributed by atoms with Crippen LogP contribution >= 0.6 is 11.6 Å². The van der Waals surface area contributed by atoms with Gasteiger partial charge in [0.05, 0.1) is 10.7 Å². The van der Waals surface area contributed by atoms with Crippen molar-refractivity contribution < 1.29 is 14.4 Å². The Bertz CT molecular complexity index is 615. The van der Waals surface area contributed by atoms with Gasteiger partial charge in [-0.2, -0.15) is 0 Å². The molecule has 1 aliphatic heterocycles. The fourth-order valence-electron chi connectivity index (χ4n) is 2.28. The van der Waals surface area contributed by atoms with Crippen molar-refractivity contribution in [1.29, 1.82) is 0 Å². The average Bonchev–Trinajstić information content (AvgIpc) is 3.24. The van der Waals surface area contributed by atoms with E-state index in [9.17, 15) is 14.4 Å². The summed E-state index contributed by atoms with van der Waals surface area (Å²) in [5.74, 6) is -0.774. The molecule has 3 rings (SSSR count). The highest BCUT2D eigenvalue weighted by atomic mass is 35.5. The molecule has 0 atom stereocenters. The van der Waals surface area contributed by atoms with Crippen molar-refractivity contribution >= 4 is 35.1 Å². The number of carbonyl (C=O) groups excluding carboxylic acids is 3. The Morgan fingerprint density at radius 1 is 1.29 bits per heavy atom. The first-order valence-corrected chi connectivity index (χ1v) is 7.09. The Kier molecular flexibility index (Phi) is 3.55. The molecular weight excluding hydrogens is 294 g/mol. The standard InChI is InChI=1S/C14H14ClN3O3/c15-10-3-1-2-4-11(10)16-12(19)7-18-13(20)8-17(14(18)21)9-5-6-9/h1-4,9H,5-8H2,(H,16,19). The fraction of sp³-hybridized carbons (Fsp3) is 0.357. The van der Waals surface area contributed by atoms with Crippen LogP contribution in [0, 0.1) is 0 Å². The lowest BCUT2D eigenvalue weighted by atomic mass is 10.3. The molecule has 1 N–H and O–H groups in total. The molecule has 1 aromatic rings. The van der Waals surface area contributed by atoms with E-state index in [1.165, 1.54) is 4.90 Å². The lowest BCUT2D eigenvalue weighted by molar-refractivity contribution is -0.129. The first-order valence-electron chi connectivity index (χ1n) is 6.71. The van der Waals surface area contributed by atoms with Crippen LogP contribution in [0.25, 0.3) is 0 Å². The Labute approximate surface area is 126 Å². The van der Waals surface area contributed by atoms with Crippen LogP contribution in [0.3, 0.4) is 0 Å². The maximum atomic E-state index is 12.1. The van der Waals surface area contributed by atoms with Crippen molar-refractivity contribution in [3.05, 3.63) is 29.3 Å². The van der Waals surface area contributed by atoms with Crippen LogP contribution in [0.4, 0.5) is 10.5 Å². The number of amides is 4. The molecule has 1 saturated carbocycles. The van der Waals surface area contributed by atoms with E-state index in [0.29, 0.717) is 10.7 Å². The maximum Gasteiger partial charge on any atom is 0.327 e. The third kappa shape index (κ3) is 2.85. The summed E-state index contributed by atoms with van der Waals surface area (Å²) in [6, 6.07) is 6.58. The van der Waals surface area contributed by atoms with Gasteiger partial charge in [-0.25, -0.2) is 4.79 Å². The number of hydrogen-bond donors (Lipinski definition) is 1. The number of anilines is 1. The summed E-state index contributed by atoms with van der Waals surface area (Å²) >= 11 is 5.94. The summed E-state index contributed by atoms with van der Waals surface area (Å²) in [5.41, 5.74) is 0.460. The summed E-state index contributed by atoms with van der Waals surface area (Å²) < 4.78 is 0. The van der Waals surface area contributed by atoms with E-state index in [2.05, 4.69) is 5.32 Å². The predicted octanol–water partition coefficient (Wildman–Crippen LogP) is 1.71. The summed E-state index contributed by atoms with van der Waals surface area (Å²) in [7, 11) is 0. The average molecular weight is 308 g/mol. The number of halogens is 1. The monoisotopic (exact) mass is 307 g/mol. The molecule has 0 bridgehead atoms. The number of carbonyl (C=O) groups is 3. The van der Waals surface area contributed by atoms with Gasteiger partial charge in [-0.3, -0.25) is 14.5 Å². The second-order valence-electron chi connectivity index (χ2n) is 5.15. The number of nitrogens with zero attached hydrogens (tertiary/aromatic N) is 2. The number of nitrogens with one attached hydrogen (secondary N) is 1. The summed E-state index contributed by atoms with van der Waals surface area (Å²) in [4.78, 5) is 38.4. The second kappa shape index (κ2) is 5.37. The van der Waals surface area contributed by atoms with Gasteiger partial charge >= 0.3 is 6.03 Å². The fourth-order valence-corrected chi connectivity index (χ4v) is 2.47. The number of urea groups is 1. The maximum absolute atomic E-state index is 12.1. The predicted molar refractivity (Wildman–Crippen MR) is 76.9 cm³/mol. The van der Waals surface area contributed by atoms with Crippen molar-refractivity contribution in [2.75, 3.05) is 18.4 Å². The third-order valence-electron chi connectivity index (χ3n) is 3.52. The highest BCUT2D eigenvalue weighted by molar-refractivity contribution is 6.33. The molecule has 0 spiro atoms. The largest absolute Gasteiger partial charge is 0.327 e. The molecule has 6 nitrogen and oxygen atoms in total. The minimum Gasteiger partial charge on any atom is -0.323 e. The molecule has 2 fully saturated rings. The van der Waals surface area contributed by atoms with Gasteiger partial charge in [0.25, 0.3) is 5.91 Å². The molecule has 1 heterocycles. The SMILES string of the molecule is O=C(CN1C(=O)CN(C2CC2)C1=O)Nc1ccccc1Cl. The molecule has 0 aromatic heterocycles. The van der Waals surface area contributed by atoms with Crippen LogP contribution in [0.15, 0.2) is 24.3 Å². The lowest BCUT2D eigenvalue weighted by Crippen LogP contribution is -2.39. The topological polar surface area (TPSA) is 69.7 Å². The summed E-state index contributed by atoms with van der Waals surface area (Å²) in [5, 5.41) is 3.01. The third-order valence-corrected chi connectivity index (χ3v) is 3.85. The Morgan fingerprint density at radius 2 is 2.00 bits per heavy atom. The molecule has 0 radical (unpaired) electrons. The van der Waals surface area contributed by atoms with E-state index in [1.54, 1.807) is 24.3 Å². The molecule has 21 heavy (non-hydrogen) atoms. The van der Waals surface area contributed by atoms with Crippen LogP contribution < -0.4 is 5.32 Å². The highest BCUT2D eigenvalue weighted by Crippen LogP contribution is 2.30. The number of imide groups is 1. The first-order chi connectivity index (χ1) is 10.1. The van der Waals surface area contributed by atoms with Crippen LogP contribution in [0.2, 0.25) is 5.02 Å². The van der Waals surface area contributed by atoms with Crippen molar-refractivity contribution in [2.45, 2.75) is 18.9 Å². The van der Waals surface area contributed by atoms with Gasteiger partial charge in [-0.15, -0.1) is 0 Å². The van der Waals surface area contributed by atoms with E-state index in [-0.39, 0.29) is 31.1 Å². The molecule has 0 unspecified atom stereocenters. The van der Waals surface area contributed by atoms with E-state index in [4.69, 9.17) is 11.6 Å². The zero-order valence-electron chi connectivity index (χ0n) is 11.2. The van der Waals surface area contributed by atoms with Gasteiger partial charge in [0.1, 0.15) is 13.1 Å². The molecule has 1 aromatic carbocycles. The van der Waals surface area contributed by atoms with E-state index < -0.39 is 5.91 Å². The zero-order valence-corrected chi connectivity index (χ0v) is 12.0. The van der Waals surface area contributed by atoms with E-state index >= 15 is 0 Å². The Morgan fingerprint density at radius 3 is 2.67 bits per heavy atom.